The average Bonchev–Trinajstić information content (AvgIpc) is 3.13. The monoisotopic (exact) mass is 337 g/mol. The quantitative estimate of drug-likeness (QED) is 0.711. The number of aromatic nitrogens is 1. The van der Waals surface area contributed by atoms with Gasteiger partial charge >= 0.3 is 6.03 Å². The minimum atomic E-state index is -1.48. The highest BCUT2D eigenvalue weighted by molar-refractivity contribution is 6.07. The van der Waals surface area contributed by atoms with Crippen molar-refractivity contribution in [2.75, 3.05) is 0 Å². The molecule has 0 saturated carbocycles. The van der Waals surface area contributed by atoms with Crippen LogP contribution >= 0.6 is 0 Å². The maximum atomic E-state index is 12.6. The van der Waals surface area contributed by atoms with Crippen LogP contribution in [-0.2, 0) is 16.9 Å². The van der Waals surface area contributed by atoms with Crippen molar-refractivity contribution >= 4 is 22.9 Å². The van der Waals surface area contributed by atoms with Crippen molar-refractivity contribution in [1.82, 2.24) is 15.2 Å². The molecule has 1 saturated heterocycles. The first-order chi connectivity index (χ1) is 12.0. The van der Waals surface area contributed by atoms with Crippen LogP contribution in [0.1, 0.15) is 11.3 Å². The maximum absolute atomic E-state index is 12.6. The standard InChI is InChI=1S/C18H15N3O4/c1-11-5-4-8-21(15(11)22)10-18(16(23)19-17(24)20-18)14-9-12-6-2-3-7-13(12)25-14/h2-9H,10H2,1H3,(H2,19,20,23,24). The first kappa shape index (κ1) is 15.2. The molecular formula is C18H15N3O4. The van der Waals surface area contributed by atoms with E-state index in [1.807, 2.05) is 18.2 Å². The molecule has 1 aliphatic rings. The summed E-state index contributed by atoms with van der Waals surface area (Å²) in [5, 5.41) is 5.68. The van der Waals surface area contributed by atoms with Gasteiger partial charge in [-0.15, -0.1) is 0 Å². The van der Waals surface area contributed by atoms with Gasteiger partial charge in [0.15, 0.2) is 5.54 Å². The second-order valence-electron chi connectivity index (χ2n) is 6.09. The van der Waals surface area contributed by atoms with Crippen molar-refractivity contribution < 1.29 is 14.0 Å². The van der Waals surface area contributed by atoms with Gasteiger partial charge in [-0.3, -0.25) is 14.9 Å². The molecule has 4 rings (SSSR count). The number of carbonyl (C=O) groups is 2. The number of amides is 3. The van der Waals surface area contributed by atoms with Crippen LogP contribution in [0.15, 0.2) is 57.9 Å². The molecule has 1 unspecified atom stereocenters. The topological polar surface area (TPSA) is 93.3 Å². The summed E-state index contributed by atoms with van der Waals surface area (Å²) >= 11 is 0. The Hall–Kier alpha value is -3.35. The number of pyridine rings is 1. The van der Waals surface area contributed by atoms with E-state index in [9.17, 15) is 14.4 Å². The molecule has 25 heavy (non-hydrogen) atoms. The Balaban J connectivity index is 1.88. The van der Waals surface area contributed by atoms with Crippen molar-refractivity contribution in [3.63, 3.8) is 0 Å². The van der Waals surface area contributed by atoms with Crippen LogP contribution in [0.3, 0.4) is 0 Å². The highest BCUT2D eigenvalue weighted by Gasteiger charge is 2.51. The number of nitrogens with zero attached hydrogens (tertiary/aromatic N) is 1. The fourth-order valence-corrected chi connectivity index (χ4v) is 3.08. The van der Waals surface area contributed by atoms with Crippen LogP contribution < -0.4 is 16.2 Å². The van der Waals surface area contributed by atoms with E-state index >= 15 is 0 Å². The number of para-hydroxylation sites is 1. The van der Waals surface area contributed by atoms with Gasteiger partial charge in [-0.1, -0.05) is 24.3 Å². The highest BCUT2D eigenvalue weighted by atomic mass is 16.3. The lowest BCUT2D eigenvalue weighted by Crippen LogP contribution is -2.49. The molecule has 7 heteroatoms. The molecule has 2 N–H and O–H groups in total. The number of carbonyl (C=O) groups excluding carboxylic acids is 2. The number of rotatable bonds is 3. The smallest absolute Gasteiger partial charge is 0.322 e. The van der Waals surface area contributed by atoms with Gasteiger partial charge in [-0.25, -0.2) is 4.79 Å². The molecule has 0 radical (unpaired) electrons. The van der Waals surface area contributed by atoms with Gasteiger partial charge in [-0.05, 0) is 25.1 Å². The summed E-state index contributed by atoms with van der Waals surface area (Å²) in [4.78, 5) is 36.8. The third kappa shape index (κ3) is 2.32. The van der Waals surface area contributed by atoms with Crippen LogP contribution in [0.4, 0.5) is 4.79 Å². The summed E-state index contributed by atoms with van der Waals surface area (Å²) in [6, 6.07) is 11.8. The van der Waals surface area contributed by atoms with Gasteiger partial charge in [0.1, 0.15) is 11.3 Å². The Morgan fingerprint density at radius 3 is 2.64 bits per heavy atom. The number of aryl methyl sites for hydroxylation is 1. The fourth-order valence-electron chi connectivity index (χ4n) is 3.08. The molecule has 1 atom stereocenters. The molecule has 2 aromatic heterocycles. The lowest BCUT2D eigenvalue weighted by atomic mass is 9.95. The lowest BCUT2D eigenvalue weighted by Gasteiger charge is -2.24. The molecule has 0 spiro atoms. The van der Waals surface area contributed by atoms with Gasteiger partial charge in [0.25, 0.3) is 11.5 Å². The summed E-state index contributed by atoms with van der Waals surface area (Å²) in [5.74, 6) is -0.268. The summed E-state index contributed by atoms with van der Waals surface area (Å²) < 4.78 is 7.22. The molecule has 0 aliphatic carbocycles. The molecular weight excluding hydrogens is 322 g/mol. The maximum Gasteiger partial charge on any atom is 0.322 e. The minimum absolute atomic E-state index is 0.0646. The number of benzene rings is 1. The molecule has 3 aromatic rings. The molecule has 7 nitrogen and oxygen atoms in total. The normalized spacial score (nSPS) is 19.9. The summed E-state index contributed by atoms with van der Waals surface area (Å²) in [5.41, 5.74) is -0.561. The number of hydrogen-bond acceptors (Lipinski definition) is 4. The van der Waals surface area contributed by atoms with E-state index in [2.05, 4.69) is 10.6 Å². The fraction of sp³-hybridized carbons (Fsp3) is 0.167. The Morgan fingerprint density at radius 1 is 1.12 bits per heavy atom. The van der Waals surface area contributed by atoms with Crippen molar-refractivity contribution in [1.29, 1.82) is 0 Å². The molecule has 1 aromatic carbocycles. The Morgan fingerprint density at radius 2 is 1.92 bits per heavy atom. The van der Waals surface area contributed by atoms with Crippen molar-refractivity contribution in [3.8, 4) is 0 Å². The summed E-state index contributed by atoms with van der Waals surface area (Å²) in [6.45, 7) is 1.63. The molecule has 3 heterocycles. The number of nitrogens with one attached hydrogen (secondary N) is 2. The first-order valence-electron chi connectivity index (χ1n) is 7.78. The second kappa shape index (κ2) is 5.34. The van der Waals surface area contributed by atoms with Crippen LogP contribution in [0.5, 0.6) is 0 Å². The van der Waals surface area contributed by atoms with Crippen LogP contribution in [0, 0.1) is 6.92 Å². The van der Waals surface area contributed by atoms with Gasteiger partial charge in [-0.2, -0.15) is 0 Å². The Kier molecular flexibility index (Phi) is 3.24. The molecule has 3 amide bonds. The highest BCUT2D eigenvalue weighted by Crippen LogP contribution is 2.31. The van der Waals surface area contributed by atoms with E-state index in [1.54, 1.807) is 37.4 Å². The number of imide groups is 1. The third-order valence-corrected chi connectivity index (χ3v) is 4.41. The SMILES string of the molecule is Cc1cccn(CC2(c3cc4ccccc4o3)NC(=O)NC2=O)c1=O. The molecule has 0 bridgehead atoms. The summed E-state index contributed by atoms with van der Waals surface area (Å²) in [6.07, 6.45) is 1.58. The van der Waals surface area contributed by atoms with Crippen molar-refractivity contribution in [2.24, 2.45) is 0 Å². The second-order valence-corrected chi connectivity index (χ2v) is 6.09. The average molecular weight is 337 g/mol. The van der Waals surface area contributed by atoms with Crippen molar-refractivity contribution in [2.45, 2.75) is 19.0 Å². The predicted octanol–water partition coefficient (Wildman–Crippen LogP) is 1.64. The van der Waals surface area contributed by atoms with E-state index < -0.39 is 17.5 Å². The van der Waals surface area contributed by atoms with E-state index in [1.165, 1.54) is 4.57 Å². The van der Waals surface area contributed by atoms with E-state index in [0.29, 0.717) is 11.1 Å². The summed E-state index contributed by atoms with van der Waals surface area (Å²) in [7, 11) is 0. The first-order valence-corrected chi connectivity index (χ1v) is 7.78. The van der Waals surface area contributed by atoms with Gasteiger partial charge in [0.05, 0.1) is 6.54 Å². The van der Waals surface area contributed by atoms with E-state index in [-0.39, 0.29) is 17.9 Å². The zero-order chi connectivity index (χ0) is 17.6. The predicted molar refractivity (Wildman–Crippen MR) is 90.0 cm³/mol. The van der Waals surface area contributed by atoms with E-state index in [0.717, 1.165) is 5.39 Å². The van der Waals surface area contributed by atoms with Gasteiger partial charge < -0.3 is 14.3 Å². The van der Waals surface area contributed by atoms with Crippen LogP contribution in [0.25, 0.3) is 11.0 Å². The minimum Gasteiger partial charge on any atom is -0.458 e. The molecule has 126 valence electrons. The van der Waals surface area contributed by atoms with Crippen LogP contribution in [-0.4, -0.2) is 16.5 Å². The van der Waals surface area contributed by atoms with Gasteiger partial charge in [0, 0.05) is 17.1 Å². The van der Waals surface area contributed by atoms with Crippen LogP contribution in [0.2, 0.25) is 0 Å². The van der Waals surface area contributed by atoms with Crippen molar-refractivity contribution in [3.05, 3.63) is 70.3 Å². The lowest BCUT2D eigenvalue weighted by molar-refractivity contribution is -0.125. The van der Waals surface area contributed by atoms with E-state index in [4.69, 9.17) is 4.42 Å². The number of urea groups is 1. The number of furan rings is 1. The number of fused-ring (bicyclic) bond motifs is 1. The Bertz CT molecular complexity index is 1030. The number of hydrogen-bond donors (Lipinski definition) is 2. The molecule has 1 aliphatic heterocycles. The van der Waals surface area contributed by atoms with Gasteiger partial charge in [0.2, 0.25) is 0 Å². The third-order valence-electron chi connectivity index (χ3n) is 4.41. The molecule has 1 fully saturated rings. The largest absolute Gasteiger partial charge is 0.458 e. The zero-order valence-electron chi connectivity index (χ0n) is 13.4. The zero-order valence-corrected chi connectivity index (χ0v) is 13.4. The Labute approximate surface area is 142 Å².